The molecular weight excluding hydrogens is 332 g/mol. The average molecular weight is 356 g/mol. The van der Waals surface area contributed by atoms with Crippen molar-refractivity contribution < 1.29 is 9.59 Å². The largest absolute Gasteiger partial charge is 0.303 e. The Labute approximate surface area is 160 Å². The van der Waals surface area contributed by atoms with Crippen LogP contribution in [0.25, 0.3) is 0 Å². The monoisotopic (exact) mass is 356 g/mol. The van der Waals surface area contributed by atoms with Crippen LogP contribution in [0, 0.1) is 0 Å². The number of hydrogen-bond acceptors (Lipinski definition) is 2. The first-order valence-corrected chi connectivity index (χ1v) is 9.31. The average Bonchev–Trinajstić information content (AvgIpc) is 2.69. The molecule has 0 aliphatic heterocycles. The number of carbonyl (C=O) groups excluding carboxylic acids is 2. The quantitative estimate of drug-likeness (QED) is 0.524. The molecule has 0 aromatic heterocycles. The van der Waals surface area contributed by atoms with Crippen LogP contribution in [0.1, 0.15) is 47.1 Å². The number of carbonyl (C=O) groups is 2. The van der Waals surface area contributed by atoms with Crippen LogP contribution in [-0.2, 0) is 22.4 Å². The SMILES string of the molecule is CC(=O)C(CC=O)c1cc(Cc2ccccc2)ccc1Cc1ccccc1. The molecule has 0 bridgehead atoms. The zero-order valence-corrected chi connectivity index (χ0v) is 15.6. The van der Waals surface area contributed by atoms with Gasteiger partial charge in [0.2, 0.25) is 0 Å². The van der Waals surface area contributed by atoms with Gasteiger partial charge in [0.15, 0.2) is 0 Å². The normalized spacial score (nSPS) is 11.7. The molecule has 0 heterocycles. The van der Waals surface area contributed by atoms with Crippen LogP contribution in [-0.4, -0.2) is 12.1 Å². The zero-order valence-electron chi connectivity index (χ0n) is 15.6. The van der Waals surface area contributed by atoms with Gasteiger partial charge in [0.05, 0.1) is 0 Å². The van der Waals surface area contributed by atoms with E-state index < -0.39 is 0 Å². The smallest absolute Gasteiger partial charge is 0.137 e. The van der Waals surface area contributed by atoms with Crippen molar-refractivity contribution in [2.24, 2.45) is 0 Å². The molecule has 0 amide bonds. The van der Waals surface area contributed by atoms with Crippen LogP contribution in [0.2, 0.25) is 0 Å². The molecule has 1 unspecified atom stereocenters. The minimum absolute atomic E-state index is 0.0354. The fraction of sp³-hybridized carbons (Fsp3) is 0.200. The van der Waals surface area contributed by atoms with E-state index in [-0.39, 0.29) is 18.1 Å². The summed E-state index contributed by atoms with van der Waals surface area (Å²) in [5.74, 6) is -0.342. The van der Waals surface area contributed by atoms with Crippen LogP contribution in [0.5, 0.6) is 0 Å². The molecule has 0 radical (unpaired) electrons. The summed E-state index contributed by atoms with van der Waals surface area (Å²) >= 11 is 0. The van der Waals surface area contributed by atoms with E-state index in [0.29, 0.717) is 0 Å². The fourth-order valence-electron chi connectivity index (χ4n) is 3.50. The maximum atomic E-state index is 12.2. The van der Waals surface area contributed by atoms with Gasteiger partial charge in [-0.2, -0.15) is 0 Å². The third-order valence-electron chi connectivity index (χ3n) is 4.90. The Balaban J connectivity index is 1.98. The van der Waals surface area contributed by atoms with E-state index in [9.17, 15) is 9.59 Å². The maximum Gasteiger partial charge on any atom is 0.137 e. The van der Waals surface area contributed by atoms with Crippen LogP contribution >= 0.6 is 0 Å². The van der Waals surface area contributed by atoms with E-state index in [0.717, 1.165) is 35.8 Å². The highest BCUT2D eigenvalue weighted by Gasteiger charge is 2.20. The molecule has 27 heavy (non-hydrogen) atoms. The van der Waals surface area contributed by atoms with Gasteiger partial charge >= 0.3 is 0 Å². The van der Waals surface area contributed by atoms with Gasteiger partial charge in [0.1, 0.15) is 12.1 Å². The molecule has 1 atom stereocenters. The lowest BCUT2D eigenvalue weighted by atomic mass is 9.85. The van der Waals surface area contributed by atoms with Gasteiger partial charge in [-0.1, -0.05) is 78.9 Å². The van der Waals surface area contributed by atoms with Crippen molar-refractivity contribution >= 4 is 12.1 Å². The summed E-state index contributed by atoms with van der Waals surface area (Å²) in [6, 6.07) is 26.8. The lowest BCUT2D eigenvalue weighted by Gasteiger charge is -2.18. The van der Waals surface area contributed by atoms with E-state index >= 15 is 0 Å². The molecule has 0 saturated carbocycles. The van der Waals surface area contributed by atoms with E-state index in [4.69, 9.17) is 0 Å². The molecule has 3 rings (SSSR count). The molecule has 3 aromatic carbocycles. The molecule has 3 aromatic rings. The van der Waals surface area contributed by atoms with Crippen LogP contribution in [0.15, 0.2) is 78.9 Å². The Kier molecular flexibility index (Phi) is 6.32. The predicted molar refractivity (Wildman–Crippen MR) is 109 cm³/mol. The van der Waals surface area contributed by atoms with Gasteiger partial charge in [-0.15, -0.1) is 0 Å². The van der Waals surface area contributed by atoms with Crippen LogP contribution < -0.4 is 0 Å². The second kappa shape index (κ2) is 9.09. The van der Waals surface area contributed by atoms with Crippen molar-refractivity contribution in [1.29, 1.82) is 0 Å². The van der Waals surface area contributed by atoms with Crippen molar-refractivity contribution in [3.8, 4) is 0 Å². The van der Waals surface area contributed by atoms with Gasteiger partial charge in [-0.25, -0.2) is 0 Å². The van der Waals surface area contributed by atoms with Crippen molar-refractivity contribution in [3.05, 3.63) is 107 Å². The molecule has 0 spiro atoms. The molecule has 136 valence electrons. The summed E-state index contributed by atoms with van der Waals surface area (Å²) in [6.45, 7) is 1.57. The van der Waals surface area contributed by atoms with Crippen molar-refractivity contribution in [3.63, 3.8) is 0 Å². The Morgan fingerprint density at radius 1 is 0.815 bits per heavy atom. The van der Waals surface area contributed by atoms with Gasteiger partial charge in [-0.3, -0.25) is 4.79 Å². The first-order valence-electron chi connectivity index (χ1n) is 9.31. The number of hydrogen-bond donors (Lipinski definition) is 0. The predicted octanol–water partition coefficient (Wildman–Crippen LogP) is 5.13. The minimum atomic E-state index is -0.378. The molecule has 0 N–H and O–H groups in total. The highest BCUT2D eigenvalue weighted by atomic mass is 16.1. The summed E-state index contributed by atoms with van der Waals surface area (Å²) in [7, 11) is 0. The second-order valence-corrected chi connectivity index (χ2v) is 6.92. The number of rotatable bonds is 8. The molecule has 2 heteroatoms. The zero-order chi connectivity index (χ0) is 19.1. The van der Waals surface area contributed by atoms with Crippen LogP contribution in [0.3, 0.4) is 0 Å². The third kappa shape index (κ3) is 5.01. The lowest BCUT2D eigenvalue weighted by molar-refractivity contribution is -0.120. The first-order chi connectivity index (χ1) is 13.2. The Hall–Kier alpha value is -3.00. The summed E-state index contributed by atoms with van der Waals surface area (Å²) in [4.78, 5) is 23.4. The second-order valence-electron chi connectivity index (χ2n) is 6.92. The van der Waals surface area contributed by atoms with Crippen molar-refractivity contribution in [2.75, 3.05) is 0 Å². The summed E-state index contributed by atoms with van der Waals surface area (Å²) in [6.07, 6.45) is 2.64. The van der Waals surface area contributed by atoms with Gasteiger partial charge in [-0.05, 0) is 47.6 Å². The number of ketones is 1. The molecular formula is C25H24O2. The molecule has 0 fully saturated rings. The Morgan fingerprint density at radius 2 is 1.41 bits per heavy atom. The summed E-state index contributed by atoms with van der Waals surface area (Å²) in [5, 5.41) is 0. The van der Waals surface area contributed by atoms with E-state index in [1.165, 1.54) is 11.1 Å². The highest BCUT2D eigenvalue weighted by Crippen LogP contribution is 2.28. The fourth-order valence-corrected chi connectivity index (χ4v) is 3.50. The number of Topliss-reactive ketones (excluding diaryl/α,β-unsaturated/α-hetero) is 1. The standard InChI is InChI=1S/C25H24O2/c1-19(27)24(14-15-26)25-18-22(16-20-8-4-2-5-9-20)12-13-23(25)17-21-10-6-3-7-11-21/h2-13,15,18,24H,14,16-17H2,1H3. The maximum absolute atomic E-state index is 12.2. The molecule has 0 saturated heterocycles. The number of aldehydes is 1. The van der Waals surface area contributed by atoms with Gasteiger partial charge in [0.25, 0.3) is 0 Å². The topological polar surface area (TPSA) is 34.1 Å². The molecule has 0 aliphatic carbocycles. The van der Waals surface area contributed by atoms with Crippen molar-refractivity contribution in [2.45, 2.75) is 32.1 Å². The van der Waals surface area contributed by atoms with E-state index in [1.54, 1.807) is 6.92 Å². The minimum Gasteiger partial charge on any atom is -0.303 e. The first kappa shape index (κ1) is 18.8. The highest BCUT2D eigenvalue weighted by molar-refractivity contribution is 5.86. The van der Waals surface area contributed by atoms with Gasteiger partial charge in [0, 0.05) is 12.3 Å². The Morgan fingerprint density at radius 3 is 1.96 bits per heavy atom. The summed E-state index contributed by atoms with van der Waals surface area (Å²) < 4.78 is 0. The van der Waals surface area contributed by atoms with E-state index in [1.807, 2.05) is 36.4 Å². The van der Waals surface area contributed by atoms with Gasteiger partial charge < -0.3 is 4.79 Å². The molecule has 0 aliphatic rings. The van der Waals surface area contributed by atoms with Crippen molar-refractivity contribution in [1.82, 2.24) is 0 Å². The van der Waals surface area contributed by atoms with E-state index in [2.05, 4.69) is 42.5 Å². The summed E-state index contributed by atoms with van der Waals surface area (Å²) in [5.41, 5.74) is 5.68. The molecule has 2 nitrogen and oxygen atoms in total. The Bertz CT molecular complexity index is 898. The lowest BCUT2D eigenvalue weighted by Crippen LogP contribution is -2.13. The third-order valence-corrected chi connectivity index (χ3v) is 4.90. The van der Waals surface area contributed by atoms with Crippen LogP contribution in [0.4, 0.5) is 0 Å². The number of benzene rings is 3.